The fourth-order valence-electron chi connectivity index (χ4n) is 3.47. The number of hydrogen-bond acceptors (Lipinski definition) is 8. The predicted molar refractivity (Wildman–Crippen MR) is 112 cm³/mol. The first kappa shape index (κ1) is 20.1. The molecule has 0 bridgehead atoms. The Labute approximate surface area is 173 Å². The van der Waals surface area contributed by atoms with Crippen molar-refractivity contribution in [3.8, 4) is 0 Å². The average Bonchev–Trinajstić information content (AvgIpc) is 3.22. The third-order valence-electron chi connectivity index (χ3n) is 5.03. The van der Waals surface area contributed by atoms with E-state index in [4.69, 9.17) is 4.99 Å². The van der Waals surface area contributed by atoms with Crippen LogP contribution < -0.4 is 5.32 Å². The Bertz CT molecular complexity index is 893. The minimum atomic E-state index is -1.53. The first-order valence-electron chi connectivity index (χ1n) is 9.35. The van der Waals surface area contributed by atoms with Gasteiger partial charge in [0.2, 0.25) is 0 Å². The second-order valence-corrected chi connectivity index (χ2v) is 7.76. The number of nitrogens with zero attached hydrogens (tertiary/aromatic N) is 2. The Morgan fingerprint density at radius 3 is 2.31 bits per heavy atom. The van der Waals surface area contributed by atoms with E-state index in [1.54, 1.807) is 0 Å². The minimum absolute atomic E-state index is 0.420. The first-order valence-corrected chi connectivity index (χ1v) is 10.2. The van der Waals surface area contributed by atoms with E-state index >= 15 is 0 Å². The Hall–Kier alpha value is -2.20. The van der Waals surface area contributed by atoms with Crippen LogP contribution in [-0.4, -0.2) is 61.6 Å². The Balaban J connectivity index is 1.71. The Morgan fingerprint density at radius 2 is 1.66 bits per heavy atom. The molecule has 2 aliphatic heterocycles. The SMILES string of the molecule is OC[C@@H](O)[C@@H](O)[C@@H](O)[C@H]1N[C@@H](c2ccccc2)N=C2SC=C(c3ccccc3)N21. The number of hydrogen-bond donors (Lipinski definition) is 5. The number of aliphatic hydroxyl groups excluding tert-OH is 4. The van der Waals surface area contributed by atoms with Gasteiger partial charge in [0.05, 0.1) is 12.3 Å². The molecule has 0 aliphatic carbocycles. The molecule has 5 atom stereocenters. The van der Waals surface area contributed by atoms with E-state index in [2.05, 4.69) is 5.32 Å². The van der Waals surface area contributed by atoms with Gasteiger partial charge in [-0.25, -0.2) is 4.99 Å². The van der Waals surface area contributed by atoms with Crippen molar-refractivity contribution >= 4 is 22.6 Å². The van der Waals surface area contributed by atoms with Gasteiger partial charge >= 0.3 is 0 Å². The van der Waals surface area contributed by atoms with E-state index in [-0.39, 0.29) is 0 Å². The number of amidine groups is 1. The van der Waals surface area contributed by atoms with Crippen molar-refractivity contribution in [2.45, 2.75) is 30.6 Å². The molecule has 0 fully saturated rings. The summed E-state index contributed by atoms with van der Waals surface area (Å²) in [6, 6.07) is 19.3. The lowest BCUT2D eigenvalue weighted by atomic mass is 10.0. The molecular weight excluding hydrogens is 390 g/mol. The lowest BCUT2D eigenvalue weighted by Gasteiger charge is -2.42. The number of nitrogens with one attached hydrogen (secondary N) is 1. The third-order valence-corrected chi connectivity index (χ3v) is 5.88. The van der Waals surface area contributed by atoms with E-state index in [0.29, 0.717) is 5.17 Å². The van der Waals surface area contributed by atoms with Gasteiger partial charge in [-0.2, -0.15) is 0 Å². The van der Waals surface area contributed by atoms with Crippen molar-refractivity contribution < 1.29 is 20.4 Å². The monoisotopic (exact) mass is 413 g/mol. The topological polar surface area (TPSA) is 109 Å². The second kappa shape index (κ2) is 8.66. The molecule has 0 radical (unpaired) electrons. The van der Waals surface area contributed by atoms with Crippen LogP contribution >= 0.6 is 11.8 Å². The zero-order chi connectivity index (χ0) is 20.4. The smallest absolute Gasteiger partial charge is 0.171 e. The van der Waals surface area contributed by atoms with Crippen LogP contribution in [0.5, 0.6) is 0 Å². The molecule has 0 amide bonds. The number of fused-ring (bicyclic) bond motifs is 1. The van der Waals surface area contributed by atoms with Crippen LogP contribution in [0.4, 0.5) is 0 Å². The van der Waals surface area contributed by atoms with Crippen LogP contribution in [0.15, 0.2) is 71.1 Å². The highest BCUT2D eigenvalue weighted by molar-refractivity contribution is 8.16. The molecule has 0 saturated heterocycles. The molecule has 2 aromatic carbocycles. The first-order chi connectivity index (χ1) is 14.1. The van der Waals surface area contributed by atoms with Crippen LogP contribution in [0.25, 0.3) is 5.70 Å². The van der Waals surface area contributed by atoms with Crippen LogP contribution in [0.1, 0.15) is 17.3 Å². The number of aliphatic hydroxyl groups is 4. The summed E-state index contributed by atoms with van der Waals surface area (Å²) in [6.45, 7) is -0.649. The largest absolute Gasteiger partial charge is 0.394 e. The summed E-state index contributed by atoms with van der Waals surface area (Å²) in [4.78, 5) is 6.62. The highest BCUT2D eigenvalue weighted by Crippen LogP contribution is 2.39. The molecule has 152 valence electrons. The van der Waals surface area contributed by atoms with E-state index < -0.39 is 37.3 Å². The predicted octanol–water partition coefficient (Wildman–Crippen LogP) is 1.09. The highest BCUT2D eigenvalue weighted by atomic mass is 32.2. The molecule has 7 nitrogen and oxygen atoms in total. The summed E-state index contributed by atoms with van der Waals surface area (Å²) in [5.41, 5.74) is 2.70. The molecule has 0 spiro atoms. The lowest BCUT2D eigenvalue weighted by Crippen LogP contribution is -2.61. The van der Waals surface area contributed by atoms with Gasteiger partial charge in [-0.1, -0.05) is 72.4 Å². The summed E-state index contributed by atoms with van der Waals surface area (Å²) in [5.74, 6) is 0. The summed E-state index contributed by atoms with van der Waals surface area (Å²) in [6.07, 6.45) is -5.54. The van der Waals surface area contributed by atoms with Gasteiger partial charge in [0.15, 0.2) is 5.17 Å². The standard InChI is InChI=1S/C21H23N3O4S/c25-11-16(26)17(27)18(28)20-22-19(14-9-5-2-6-10-14)23-21-24(20)15(12-29-21)13-7-3-1-4-8-13/h1-10,12,16-20,22,25-28H,11H2/t16-,17-,18-,19-,20+/m1/s1. The molecule has 29 heavy (non-hydrogen) atoms. The maximum atomic E-state index is 10.9. The Kier molecular flexibility index (Phi) is 6.00. The molecule has 2 aliphatic rings. The molecule has 5 N–H and O–H groups in total. The molecule has 2 aromatic rings. The van der Waals surface area contributed by atoms with Crippen LogP contribution in [0.2, 0.25) is 0 Å². The van der Waals surface area contributed by atoms with Gasteiger partial charge in [0.25, 0.3) is 0 Å². The number of benzene rings is 2. The summed E-state index contributed by atoms with van der Waals surface area (Å²) in [5, 5.41) is 46.3. The molecule has 8 heteroatoms. The normalized spacial score (nSPS) is 24.3. The van der Waals surface area contributed by atoms with E-state index in [1.807, 2.05) is 71.0 Å². The molecule has 0 unspecified atom stereocenters. The van der Waals surface area contributed by atoms with Gasteiger partial charge < -0.3 is 25.3 Å². The van der Waals surface area contributed by atoms with Crippen LogP contribution in [0, 0.1) is 0 Å². The maximum Gasteiger partial charge on any atom is 0.171 e. The van der Waals surface area contributed by atoms with Crippen molar-refractivity contribution in [2.75, 3.05) is 6.61 Å². The van der Waals surface area contributed by atoms with Gasteiger partial charge in [0.1, 0.15) is 30.6 Å². The third kappa shape index (κ3) is 3.95. The maximum absolute atomic E-state index is 10.9. The highest BCUT2D eigenvalue weighted by Gasteiger charge is 2.43. The van der Waals surface area contributed by atoms with E-state index in [1.165, 1.54) is 11.8 Å². The Morgan fingerprint density at radius 1 is 1.00 bits per heavy atom. The van der Waals surface area contributed by atoms with Gasteiger partial charge in [-0.05, 0) is 11.1 Å². The molecular formula is C21H23N3O4S. The zero-order valence-corrected chi connectivity index (χ0v) is 16.4. The molecule has 0 aromatic heterocycles. The zero-order valence-electron chi connectivity index (χ0n) is 15.5. The quantitative estimate of drug-likeness (QED) is 0.482. The summed E-state index contributed by atoms with van der Waals surface area (Å²) >= 11 is 1.44. The van der Waals surface area contributed by atoms with Crippen molar-refractivity contribution in [1.82, 2.24) is 10.2 Å². The lowest BCUT2D eigenvalue weighted by molar-refractivity contribution is -0.0988. The van der Waals surface area contributed by atoms with Gasteiger partial charge in [-0.15, -0.1) is 0 Å². The van der Waals surface area contributed by atoms with Crippen molar-refractivity contribution in [1.29, 1.82) is 0 Å². The van der Waals surface area contributed by atoms with Crippen molar-refractivity contribution in [2.24, 2.45) is 4.99 Å². The fourth-order valence-corrected chi connectivity index (χ4v) is 4.42. The minimum Gasteiger partial charge on any atom is -0.394 e. The van der Waals surface area contributed by atoms with Crippen molar-refractivity contribution in [3.05, 3.63) is 77.2 Å². The van der Waals surface area contributed by atoms with Crippen LogP contribution in [-0.2, 0) is 0 Å². The van der Waals surface area contributed by atoms with E-state index in [0.717, 1.165) is 16.8 Å². The molecule has 2 heterocycles. The second-order valence-electron chi connectivity index (χ2n) is 6.92. The molecule has 4 rings (SSSR count). The number of thioether (sulfide) groups is 1. The van der Waals surface area contributed by atoms with Crippen molar-refractivity contribution in [3.63, 3.8) is 0 Å². The van der Waals surface area contributed by atoms with Crippen LogP contribution in [0.3, 0.4) is 0 Å². The number of aliphatic imine (C=N–C) groups is 1. The summed E-state index contributed by atoms with van der Waals surface area (Å²) < 4.78 is 0. The van der Waals surface area contributed by atoms with Gasteiger partial charge in [0, 0.05) is 5.41 Å². The fraction of sp³-hybridized carbons (Fsp3) is 0.286. The van der Waals surface area contributed by atoms with E-state index in [9.17, 15) is 20.4 Å². The summed E-state index contributed by atoms with van der Waals surface area (Å²) in [7, 11) is 0. The average molecular weight is 413 g/mol. The van der Waals surface area contributed by atoms with Gasteiger partial charge in [-0.3, -0.25) is 5.32 Å². The number of rotatable bonds is 6. The molecule has 0 saturated carbocycles.